The molecule has 1 atom stereocenters. The lowest BCUT2D eigenvalue weighted by Gasteiger charge is -2.19. The maximum absolute atomic E-state index is 12.6. The monoisotopic (exact) mass is 435 g/mol. The molecule has 0 radical (unpaired) electrons. The van der Waals surface area contributed by atoms with Gasteiger partial charge in [-0.1, -0.05) is 29.0 Å². The molecule has 0 saturated carbocycles. The fourth-order valence-electron chi connectivity index (χ4n) is 2.60. The lowest BCUT2D eigenvalue weighted by molar-refractivity contribution is 0.0918. The minimum absolute atomic E-state index is 0.111. The molecule has 2 amide bonds. The summed E-state index contributed by atoms with van der Waals surface area (Å²) in [6.07, 6.45) is -0.673. The summed E-state index contributed by atoms with van der Waals surface area (Å²) in [5.74, 6) is -0.755. The van der Waals surface area contributed by atoms with Crippen LogP contribution in [0.15, 0.2) is 24.3 Å². The molecule has 2 aromatic heterocycles. The zero-order chi connectivity index (χ0) is 21.3. The van der Waals surface area contributed by atoms with Gasteiger partial charge >= 0.3 is 0 Å². The van der Waals surface area contributed by atoms with E-state index in [4.69, 9.17) is 11.6 Å². The van der Waals surface area contributed by atoms with E-state index in [9.17, 15) is 14.7 Å². The Labute approximate surface area is 176 Å². The Hall–Kier alpha value is -2.49. The SMILES string of the molecule is C[C@@H](O)CNC(=O)c1nn(C(C)(C)C)c2nc(NC(=O)c3cccc(Cl)c3)sc12. The van der Waals surface area contributed by atoms with E-state index in [1.54, 1.807) is 35.9 Å². The number of thiazole rings is 1. The van der Waals surface area contributed by atoms with Crippen LogP contribution in [0.25, 0.3) is 10.3 Å². The minimum Gasteiger partial charge on any atom is -0.392 e. The zero-order valence-corrected chi connectivity index (χ0v) is 18.1. The number of rotatable bonds is 5. The molecule has 3 N–H and O–H groups in total. The third-order valence-electron chi connectivity index (χ3n) is 3.94. The van der Waals surface area contributed by atoms with Gasteiger partial charge in [0.2, 0.25) is 0 Å². The number of fused-ring (bicyclic) bond motifs is 1. The van der Waals surface area contributed by atoms with Gasteiger partial charge in [0, 0.05) is 17.1 Å². The Kier molecular flexibility index (Phi) is 5.92. The summed E-state index contributed by atoms with van der Waals surface area (Å²) >= 11 is 7.12. The fourth-order valence-corrected chi connectivity index (χ4v) is 3.71. The van der Waals surface area contributed by atoms with Gasteiger partial charge in [-0.25, -0.2) is 4.68 Å². The number of halogens is 1. The lowest BCUT2D eigenvalue weighted by atomic mass is 10.1. The van der Waals surface area contributed by atoms with Gasteiger partial charge in [0.1, 0.15) is 4.70 Å². The van der Waals surface area contributed by atoms with Crippen molar-refractivity contribution in [2.45, 2.75) is 39.3 Å². The molecular formula is C19H22ClN5O3S. The second-order valence-corrected chi connectivity index (χ2v) is 9.06. The van der Waals surface area contributed by atoms with Crippen LogP contribution >= 0.6 is 22.9 Å². The van der Waals surface area contributed by atoms with Gasteiger partial charge in [0.05, 0.1) is 11.6 Å². The normalized spacial score (nSPS) is 12.8. The molecule has 3 rings (SSSR count). The number of anilines is 1. The maximum atomic E-state index is 12.6. The molecule has 0 bridgehead atoms. The second kappa shape index (κ2) is 8.10. The molecule has 0 aliphatic rings. The highest BCUT2D eigenvalue weighted by molar-refractivity contribution is 7.22. The summed E-state index contributed by atoms with van der Waals surface area (Å²) in [7, 11) is 0. The van der Waals surface area contributed by atoms with Crippen molar-refractivity contribution >= 4 is 50.2 Å². The van der Waals surface area contributed by atoms with Crippen molar-refractivity contribution < 1.29 is 14.7 Å². The average Bonchev–Trinajstić information content (AvgIpc) is 3.17. The summed E-state index contributed by atoms with van der Waals surface area (Å²) in [4.78, 5) is 29.6. The van der Waals surface area contributed by atoms with Crippen LogP contribution in [-0.2, 0) is 5.54 Å². The number of amides is 2. The van der Waals surface area contributed by atoms with Crippen molar-refractivity contribution in [3.05, 3.63) is 40.5 Å². The molecule has 3 aromatic rings. The lowest BCUT2D eigenvalue weighted by Crippen LogP contribution is -2.31. The van der Waals surface area contributed by atoms with E-state index in [0.29, 0.717) is 26.1 Å². The van der Waals surface area contributed by atoms with E-state index in [2.05, 4.69) is 20.7 Å². The smallest absolute Gasteiger partial charge is 0.273 e. The fraction of sp³-hybridized carbons (Fsp3) is 0.368. The van der Waals surface area contributed by atoms with Crippen LogP contribution in [0.1, 0.15) is 48.5 Å². The summed E-state index contributed by atoms with van der Waals surface area (Å²) in [6.45, 7) is 7.53. The second-order valence-electron chi connectivity index (χ2n) is 7.63. The number of carbonyl (C=O) groups excluding carboxylic acids is 2. The highest BCUT2D eigenvalue weighted by Crippen LogP contribution is 2.32. The first kappa shape index (κ1) is 21.2. The van der Waals surface area contributed by atoms with E-state index in [-0.39, 0.29) is 18.1 Å². The summed E-state index contributed by atoms with van der Waals surface area (Å²) < 4.78 is 2.22. The third kappa shape index (κ3) is 4.75. The number of carbonyl (C=O) groups is 2. The van der Waals surface area contributed by atoms with Gasteiger partial charge in [0.25, 0.3) is 11.8 Å². The number of aliphatic hydroxyl groups is 1. The van der Waals surface area contributed by atoms with E-state index in [0.717, 1.165) is 0 Å². The number of hydrogen-bond acceptors (Lipinski definition) is 6. The highest BCUT2D eigenvalue weighted by Gasteiger charge is 2.27. The molecule has 0 unspecified atom stereocenters. The predicted octanol–water partition coefficient (Wildman–Crippen LogP) is 3.26. The van der Waals surface area contributed by atoms with Crippen LogP contribution in [0, 0.1) is 0 Å². The number of benzene rings is 1. The van der Waals surface area contributed by atoms with Gasteiger partial charge in [-0.05, 0) is 45.9 Å². The first-order valence-corrected chi connectivity index (χ1v) is 10.2. The molecule has 1 aromatic carbocycles. The molecule has 8 nitrogen and oxygen atoms in total. The standard InChI is InChI=1S/C19H22ClN5O3S/c1-10(26)9-21-17(28)13-14-15(25(24-13)19(2,3)4)22-18(29-14)23-16(27)11-6-5-7-12(20)8-11/h5-8,10,26H,9H2,1-4H3,(H,21,28)(H,22,23,27)/t10-/m1/s1. The van der Waals surface area contributed by atoms with Crippen molar-refractivity contribution in [1.29, 1.82) is 0 Å². The van der Waals surface area contributed by atoms with E-state index in [1.165, 1.54) is 11.3 Å². The van der Waals surface area contributed by atoms with Crippen LogP contribution in [0.3, 0.4) is 0 Å². The molecule has 2 heterocycles. The largest absolute Gasteiger partial charge is 0.392 e. The Morgan fingerprint density at radius 3 is 2.66 bits per heavy atom. The zero-order valence-electron chi connectivity index (χ0n) is 16.5. The van der Waals surface area contributed by atoms with Crippen molar-refractivity contribution in [2.75, 3.05) is 11.9 Å². The molecule has 10 heteroatoms. The molecule has 0 saturated heterocycles. The molecule has 0 aliphatic heterocycles. The van der Waals surface area contributed by atoms with Crippen LogP contribution in [-0.4, -0.2) is 44.3 Å². The number of aromatic nitrogens is 3. The third-order valence-corrected chi connectivity index (χ3v) is 5.14. The van der Waals surface area contributed by atoms with Gasteiger partial charge in [-0.2, -0.15) is 10.1 Å². The van der Waals surface area contributed by atoms with Crippen molar-refractivity contribution in [3.8, 4) is 0 Å². The first-order chi connectivity index (χ1) is 13.6. The molecule has 154 valence electrons. The van der Waals surface area contributed by atoms with E-state index < -0.39 is 17.6 Å². The molecule has 0 aliphatic carbocycles. The van der Waals surface area contributed by atoms with Gasteiger partial charge in [-0.3, -0.25) is 14.9 Å². The van der Waals surface area contributed by atoms with Crippen LogP contribution in [0.4, 0.5) is 5.13 Å². The average molecular weight is 436 g/mol. The van der Waals surface area contributed by atoms with E-state index >= 15 is 0 Å². The Balaban J connectivity index is 1.96. The van der Waals surface area contributed by atoms with Gasteiger partial charge in [0.15, 0.2) is 16.5 Å². The van der Waals surface area contributed by atoms with Crippen molar-refractivity contribution in [2.24, 2.45) is 0 Å². The highest BCUT2D eigenvalue weighted by atomic mass is 35.5. The summed E-state index contributed by atoms with van der Waals surface area (Å²) in [5, 5.41) is 20.1. The maximum Gasteiger partial charge on any atom is 0.273 e. The van der Waals surface area contributed by atoms with Crippen molar-refractivity contribution in [1.82, 2.24) is 20.1 Å². The van der Waals surface area contributed by atoms with E-state index in [1.807, 2.05) is 20.8 Å². The minimum atomic E-state index is -0.673. The predicted molar refractivity (Wildman–Crippen MR) is 114 cm³/mol. The summed E-state index contributed by atoms with van der Waals surface area (Å²) in [6, 6.07) is 6.60. The quantitative estimate of drug-likeness (QED) is 0.569. The Bertz CT molecular complexity index is 1070. The van der Waals surface area contributed by atoms with Crippen LogP contribution in [0.5, 0.6) is 0 Å². The Morgan fingerprint density at radius 1 is 1.31 bits per heavy atom. The van der Waals surface area contributed by atoms with Crippen LogP contribution < -0.4 is 10.6 Å². The topological polar surface area (TPSA) is 109 Å². The molecular weight excluding hydrogens is 414 g/mol. The molecule has 29 heavy (non-hydrogen) atoms. The molecule has 0 spiro atoms. The molecule has 0 fully saturated rings. The first-order valence-electron chi connectivity index (χ1n) is 8.99. The number of nitrogens with zero attached hydrogens (tertiary/aromatic N) is 3. The van der Waals surface area contributed by atoms with Crippen molar-refractivity contribution in [3.63, 3.8) is 0 Å². The number of aliphatic hydroxyl groups excluding tert-OH is 1. The van der Waals surface area contributed by atoms with Gasteiger partial charge in [-0.15, -0.1) is 0 Å². The number of hydrogen-bond donors (Lipinski definition) is 3. The Morgan fingerprint density at radius 2 is 2.03 bits per heavy atom. The summed E-state index contributed by atoms with van der Waals surface area (Å²) in [5.41, 5.74) is 0.690. The van der Waals surface area contributed by atoms with Gasteiger partial charge < -0.3 is 10.4 Å². The van der Waals surface area contributed by atoms with Crippen LogP contribution in [0.2, 0.25) is 5.02 Å². The number of nitrogens with one attached hydrogen (secondary N) is 2.